The van der Waals surface area contributed by atoms with Crippen molar-refractivity contribution in [3.05, 3.63) is 41.5 Å². The first-order chi connectivity index (χ1) is 12.1. The minimum absolute atomic E-state index is 0.00999. The highest BCUT2D eigenvalue weighted by molar-refractivity contribution is 6.06. The molecule has 2 amide bonds. The van der Waals surface area contributed by atoms with E-state index in [0.717, 1.165) is 29.9 Å². The Morgan fingerprint density at radius 1 is 1.36 bits per heavy atom. The van der Waals surface area contributed by atoms with E-state index in [9.17, 15) is 9.59 Å². The van der Waals surface area contributed by atoms with E-state index < -0.39 is 5.41 Å². The predicted molar refractivity (Wildman–Crippen MR) is 92.0 cm³/mol. The van der Waals surface area contributed by atoms with Gasteiger partial charge in [-0.3, -0.25) is 14.7 Å². The molecule has 1 unspecified atom stereocenters. The zero-order valence-corrected chi connectivity index (χ0v) is 14.2. The number of nitrogens with one attached hydrogen (secondary N) is 2. The lowest BCUT2D eigenvalue weighted by Crippen LogP contribution is -2.51. The number of anilines is 1. The highest BCUT2D eigenvalue weighted by atomic mass is 16.2. The van der Waals surface area contributed by atoms with Crippen molar-refractivity contribution < 1.29 is 9.59 Å². The minimum atomic E-state index is -0.605. The van der Waals surface area contributed by atoms with Crippen LogP contribution in [-0.4, -0.2) is 45.0 Å². The van der Waals surface area contributed by atoms with E-state index in [2.05, 4.69) is 20.5 Å². The fraction of sp³-hybridized carbons (Fsp3) is 0.444. The van der Waals surface area contributed by atoms with Gasteiger partial charge in [0, 0.05) is 31.6 Å². The number of nitrogens with zero attached hydrogens (tertiary/aromatic N) is 3. The predicted octanol–water partition coefficient (Wildman–Crippen LogP) is 1.56. The van der Waals surface area contributed by atoms with Crippen LogP contribution in [0.5, 0.6) is 0 Å². The van der Waals surface area contributed by atoms with Crippen molar-refractivity contribution in [1.29, 1.82) is 0 Å². The standard InChI is InChI=1S/C18H21N5O2/c1-12-19-15(22-21-12)7-8-16(24)23-10-4-9-18(11-23)13-5-2-3-6-14(13)20-17(18)25/h2-3,5-6H,4,7-11H2,1H3,(H,20,25)(H,19,21,22). The van der Waals surface area contributed by atoms with Crippen LogP contribution in [0.1, 0.15) is 36.5 Å². The van der Waals surface area contributed by atoms with Gasteiger partial charge >= 0.3 is 0 Å². The molecule has 0 radical (unpaired) electrons. The topological polar surface area (TPSA) is 91.0 Å². The SMILES string of the molecule is Cc1nc(CCC(=O)N2CCCC3(C2)C(=O)Nc2ccccc23)n[nH]1. The Morgan fingerprint density at radius 3 is 3.00 bits per heavy atom. The minimum Gasteiger partial charge on any atom is -0.341 e. The Balaban J connectivity index is 1.49. The van der Waals surface area contributed by atoms with E-state index in [0.29, 0.717) is 31.8 Å². The molecule has 7 heteroatoms. The van der Waals surface area contributed by atoms with Gasteiger partial charge in [0.05, 0.1) is 5.41 Å². The lowest BCUT2D eigenvalue weighted by molar-refractivity contribution is -0.135. The number of carbonyl (C=O) groups is 2. The molecule has 4 rings (SSSR count). The smallest absolute Gasteiger partial charge is 0.236 e. The summed E-state index contributed by atoms with van der Waals surface area (Å²) in [4.78, 5) is 31.4. The van der Waals surface area contributed by atoms with Crippen LogP contribution < -0.4 is 5.32 Å². The van der Waals surface area contributed by atoms with Crippen LogP contribution in [0.15, 0.2) is 24.3 Å². The van der Waals surface area contributed by atoms with Gasteiger partial charge in [-0.25, -0.2) is 4.98 Å². The number of hydrogen-bond acceptors (Lipinski definition) is 4. The number of carbonyl (C=O) groups excluding carboxylic acids is 2. The zero-order valence-electron chi connectivity index (χ0n) is 14.2. The van der Waals surface area contributed by atoms with E-state index in [4.69, 9.17) is 0 Å². The van der Waals surface area contributed by atoms with Crippen molar-refractivity contribution in [3.8, 4) is 0 Å². The maximum absolute atomic E-state index is 12.7. The van der Waals surface area contributed by atoms with Gasteiger partial charge in [0.1, 0.15) is 5.82 Å². The van der Waals surface area contributed by atoms with Gasteiger partial charge in [-0.15, -0.1) is 0 Å². The number of amides is 2. The summed E-state index contributed by atoms with van der Waals surface area (Å²) in [7, 11) is 0. The molecule has 2 aliphatic heterocycles. The van der Waals surface area contributed by atoms with Crippen LogP contribution in [0.2, 0.25) is 0 Å². The molecule has 3 heterocycles. The number of benzene rings is 1. The summed E-state index contributed by atoms with van der Waals surface area (Å²) in [5.41, 5.74) is 1.28. The molecule has 1 aromatic carbocycles. The van der Waals surface area contributed by atoms with Crippen LogP contribution in [0.4, 0.5) is 5.69 Å². The number of rotatable bonds is 3. The largest absolute Gasteiger partial charge is 0.341 e. The van der Waals surface area contributed by atoms with E-state index in [1.807, 2.05) is 36.1 Å². The Bertz CT molecular complexity index is 830. The Morgan fingerprint density at radius 2 is 2.20 bits per heavy atom. The fourth-order valence-electron chi connectivity index (χ4n) is 3.93. The second kappa shape index (κ2) is 5.98. The fourth-order valence-corrected chi connectivity index (χ4v) is 3.93. The van der Waals surface area contributed by atoms with Crippen LogP contribution in [0.3, 0.4) is 0 Å². The third kappa shape index (κ3) is 2.69. The normalized spacial score (nSPS) is 22.1. The number of aromatic amines is 1. The number of piperidine rings is 1. The maximum atomic E-state index is 12.7. The molecule has 1 fully saturated rings. The first-order valence-electron chi connectivity index (χ1n) is 8.65. The quantitative estimate of drug-likeness (QED) is 0.888. The van der Waals surface area contributed by atoms with Gasteiger partial charge in [0.15, 0.2) is 5.82 Å². The van der Waals surface area contributed by atoms with Gasteiger partial charge in [-0.05, 0) is 31.4 Å². The third-order valence-electron chi connectivity index (χ3n) is 5.18. The summed E-state index contributed by atoms with van der Waals surface area (Å²) in [6.07, 6.45) is 2.47. The molecule has 7 nitrogen and oxygen atoms in total. The summed E-state index contributed by atoms with van der Waals surface area (Å²) in [5, 5.41) is 9.84. The first-order valence-corrected chi connectivity index (χ1v) is 8.65. The number of aromatic nitrogens is 3. The van der Waals surface area contributed by atoms with Crippen molar-refractivity contribution >= 4 is 17.5 Å². The number of para-hydroxylation sites is 1. The Hall–Kier alpha value is -2.70. The average molecular weight is 339 g/mol. The number of aryl methyl sites for hydroxylation is 2. The molecule has 0 bridgehead atoms. The number of likely N-dealkylation sites (tertiary alicyclic amines) is 1. The van der Waals surface area contributed by atoms with Crippen molar-refractivity contribution in [2.75, 3.05) is 18.4 Å². The molecule has 0 aliphatic carbocycles. The molecular weight excluding hydrogens is 318 g/mol. The molecule has 1 saturated heterocycles. The maximum Gasteiger partial charge on any atom is 0.236 e. The van der Waals surface area contributed by atoms with Gasteiger partial charge in [0.2, 0.25) is 11.8 Å². The van der Waals surface area contributed by atoms with Crippen molar-refractivity contribution in [2.45, 2.75) is 38.0 Å². The van der Waals surface area contributed by atoms with Gasteiger partial charge in [-0.1, -0.05) is 18.2 Å². The van der Waals surface area contributed by atoms with E-state index in [1.165, 1.54) is 0 Å². The van der Waals surface area contributed by atoms with Crippen molar-refractivity contribution in [2.24, 2.45) is 0 Å². The highest BCUT2D eigenvalue weighted by Crippen LogP contribution is 2.43. The lowest BCUT2D eigenvalue weighted by atomic mass is 9.75. The summed E-state index contributed by atoms with van der Waals surface area (Å²) in [6, 6.07) is 7.79. The van der Waals surface area contributed by atoms with Crippen molar-refractivity contribution in [3.63, 3.8) is 0 Å². The average Bonchev–Trinajstić information content (AvgIpc) is 3.15. The van der Waals surface area contributed by atoms with Gasteiger partial charge < -0.3 is 10.2 Å². The molecule has 1 atom stereocenters. The summed E-state index contributed by atoms with van der Waals surface area (Å²) in [6.45, 7) is 2.98. The highest BCUT2D eigenvalue weighted by Gasteiger charge is 2.49. The second-order valence-corrected chi connectivity index (χ2v) is 6.84. The molecule has 2 aromatic rings. The molecular formula is C18H21N5O2. The van der Waals surface area contributed by atoms with E-state index in [-0.39, 0.29) is 11.8 Å². The number of fused-ring (bicyclic) bond motifs is 2. The molecule has 2 N–H and O–H groups in total. The van der Waals surface area contributed by atoms with Crippen LogP contribution in [0.25, 0.3) is 0 Å². The van der Waals surface area contributed by atoms with Crippen LogP contribution in [-0.2, 0) is 21.4 Å². The van der Waals surface area contributed by atoms with Gasteiger partial charge in [-0.2, -0.15) is 5.10 Å². The molecule has 130 valence electrons. The summed E-state index contributed by atoms with van der Waals surface area (Å²) < 4.78 is 0. The van der Waals surface area contributed by atoms with E-state index >= 15 is 0 Å². The monoisotopic (exact) mass is 339 g/mol. The second-order valence-electron chi connectivity index (χ2n) is 6.84. The lowest BCUT2D eigenvalue weighted by Gasteiger charge is -2.39. The van der Waals surface area contributed by atoms with E-state index in [1.54, 1.807) is 0 Å². The summed E-state index contributed by atoms with van der Waals surface area (Å²) >= 11 is 0. The number of H-pyrrole nitrogens is 1. The number of hydrogen-bond donors (Lipinski definition) is 2. The first kappa shape index (κ1) is 15.8. The van der Waals surface area contributed by atoms with Crippen LogP contribution >= 0.6 is 0 Å². The van der Waals surface area contributed by atoms with Gasteiger partial charge in [0.25, 0.3) is 0 Å². The summed E-state index contributed by atoms with van der Waals surface area (Å²) in [5.74, 6) is 1.47. The Kier molecular flexibility index (Phi) is 3.78. The third-order valence-corrected chi connectivity index (χ3v) is 5.18. The molecule has 0 saturated carbocycles. The molecule has 1 aromatic heterocycles. The van der Waals surface area contributed by atoms with Crippen LogP contribution in [0, 0.1) is 6.92 Å². The molecule has 25 heavy (non-hydrogen) atoms. The zero-order chi connectivity index (χ0) is 17.4. The molecule has 2 aliphatic rings. The van der Waals surface area contributed by atoms with Crippen molar-refractivity contribution in [1.82, 2.24) is 20.1 Å². The Labute approximate surface area is 145 Å². The molecule has 1 spiro atoms.